The van der Waals surface area contributed by atoms with E-state index in [-0.39, 0.29) is 18.2 Å². The number of esters is 3. The Hall–Kier alpha value is -2.64. The lowest BCUT2D eigenvalue weighted by Crippen LogP contribution is -2.64. The number of cyclic esters (lactones) is 1. The van der Waals surface area contributed by atoms with Gasteiger partial charge in [-0.25, -0.2) is 0 Å². The molecule has 2 saturated carbocycles. The highest BCUT2D eigenvalue weighted by Crippen LogP contribution is 2.65. The van der Waals surface area contributed by atoms with Gasteiger partial charge < -0.3 is 18.6 Å². The fourth-order valence-electron chi connectivity index (χ4n) is 6.46. The normalized spacial score (nSPS) is 39.7. The maximum Gasteiger partial charge on any atom is 0.310 e. The number of fused-ring (bicyclic) bond motifs is 3. The van der Waals surface area contributed by atoms with Crippen LogP contribution in [0.5, 0.6) is 0 Å². The van der Waals surface area contributed by atoms with Crippen molar-refractivity contribution in [1.29, 1.82) is 0 Å². The molecular weight excluding hydrogens is 404 g/mol. The molecule has 5 unspecified atom stereocenters. The molecule has 0 amide bonds. The molecule has 0 radical (unpaired) electrons. The van der Waals surface area contributed by atoms with Gasteiger partial charge >= 0.3 is 17.9 Å². The largest absolute Gasteiger partial charge is 0.472 e. The van der Waals surface area contributed by atoms with Gasteiger partial charge in [0.15, 0.2) is 11.9 Å². The molecular formula is C23H28O8. The lowest BCUT2D eigenvalue weighted by Gasteiger charge is -2.60. The minimum Gasteiger partial charge on any atom is -0.472 e. The zero-order valence-corrected chi connectivity index (χ0v) is 18.2. The maximum atomic E-state index is 13.7. The summed E-state index contributed by atoms with van der Waals surface area (Å²) in [5, 5.41) is 0. The second-order valence-corrected chi connectivity index (χ2v) is 9.53. The van der Waals surface area contributed by atoms with Gasteiger partial charge in [0.05, 0.1) is 31.5 Å². The van der Waals surface area contributed by atoms with E-state index in [0.717, 1.165) is 5.56 Å². The predicted octanol–water partition coefficient (Wildman–Crippen LogP) is 3.00. The van der Waals surface area contributed by atoms with Crippen LogP contribution >= 0.6 is 0 Å². The van der Waals surface area contributed by atoms with E-state index in [1.807, 2.05) is 13.8 Å². The predicted molar refractivity (Wildman–Crippen MR) is 105 cm³/mol. The van der Waals surface area contributed by atoms with E-state index in [1.54, 1.807) is 6.07 Å². The quantitative estimate of drug-likeness (QED) is 0.530. The van der Waals surface area contributed by atoms with E-state index in [0.29, 0.717) is 19.3 Å². The number of ketones is 1. The van der Waals surface area contributed by atoms with Crippen molar-refractivity contribution in [1.82, 2.24) is 0 Å². The van der Waals surface area contributed by atoms with Crippen LogP contribution < -0.4 is 0 Å². The number of hydrogen-bond donors (Lipinski definition) is 0. The molecule has 0 N–H and O–H groups in total. The Balaban J connectivity index is 1.80. The van der Waals surface area contributed by atoms with Crippen LogP contribution in [0.4, 0.5) is 0 Å². The number of Topliss-reactive ketones (excluding diaryl/α,β-unsaturated/α-hetero) is 1. The zero-order valence-electron chi connectivity index (χ0n) is 18.2. The summed E-state index contributed by atoms with van der Waals surface area (Å²) in [5.41, 5.74) is -0.763. The Morgan fingerprint density at radius 1 is 1.19 bits per heavy atom. The van der Waals surface area contributed by atoms with Crippen molar-refractivity contribution in [3.63, 3.8) is 0 Å². The van der Waals surface area contributed by atoms with Gasteiger partial charge in [-0.2, -0.15) is 0 Å². The topological polar surface area (TPSA) is 109 Å². The van der Waals surface area contributed by atoms with Gasteiger partial charge in [-0.3, -0.25) is 19.2 Å². The molecule has 0 spiro atoms. The number of rotatable bonds is 3. The molecule has 31 heavy (non-hydrogen) atoms. The molecule has 3 fully saturated rings. The average molecular weight is 432 g/mol. The van der Waals surface area contributed by atoms with E-state index in [1.165, 1.54) is 26.6 Å². The molecule has 7 atom stereocenters. The van der Waals surface area contributed by atoms with Crippen LogP contribution in [0.3, 0.4) is 0 Å². The third-order valence-electron chi connectivity index (χ3n) is 7.81. The molecule has 0 aromatic carbocycles. The maximum absolute atomic E-state index is 13.7. The number of carbonyl (C=O) groups excluding carboxylic acids is 4. The summed E-state index contributed by atoms with van der Waals surface area (Å²) in [7, 11) is 1.32. The molecule has 3 aliphatic rings. The van der Waals surface area contributed by atoms with E-state index >= 15 is 0 Å². The zero-order chi connectivity index (χ0) is 22.6. The molecule has 1 aromatic heterocycles. The van der Waals surface area contributed by atoms with Crippen molar-refractivity contribution < 1.29 is 37.8 Å². The van der Waals surface area contributed by atoms with Gasteiger partial charge in [-0.15, -0.1) is 0 Å². The van der Waals surface area contributed by atoms with Crippen molar-refractivity contribution >= 4 is 23.7 Å². The Bertz CT molecular complexity index is 905. The van der Waals surface area contributed by atoms with Crippen molar-refractivity contribution in [3.05, 3.63) is 24.2 Å². The summed E-state index contributed by atoms with van der Waals surface area (Å²) < 4.78 is 21.3. The first-order valence-corrected chi connectivity index (χ1v) is 10.6. The molecule has 4 rings (SSSR count). The van der Waals surface area contributed by atoms with E-state index in [2.05, 4.69) is 0 Å². The number of ether oxygens (including phenoxy) is 3. The highest BCUT2D eigenvalue weighted by molar-refractivity contribution is 5.93. The van der Waals surface area contributed by atoms with Crippen molar-refractivity contribution in [2.45, 2.75) is 58.7 Å². The summed E-state index contributed by atoms with van der Waals surface area (Å²) in [6.07, 6.45) is 2.98. The van der Waals surface area contributed by atoms with Crippen LogP contribution in [-0.4, -0.2) is 36.9 Å². The highest BCUT2D eigenvalue weighted by atomic mass is 16.6. The van der Waals surface area contributed by atoms with Crippen LogP contribution in [0.2, 0.25) is 0 Å². The van der Waals surface area contributed by atoms with Gasteiger partial charge in [0.1, 0.15) is 6.10 Å². The molecule has 8 nitrogen and oxygen atoms in total. The molecule has 2 aliphatic carbocycles. The van der Waals surface area contributed by atoms with Gasteiger partial charge in [0.25, 0.3) is 0 Å². The number of methoxy groups -OCH3 is 1. The minimum absolute atomic E-state index is 0.0917. The standard InChI is InChI=1S/C23H28O8/c1-12(24)30-16-9-15(20(26)28-4)22(2)7-5-14-21(27)31-17(13-6-8-29-11-13)10-23(14,3)19(22)18(16)25/h6,8,11,14-17,19H,5,7,9-10H2,1-4H3/t14?,15?,16?,17?,19?,22-,23-/m0/s1. The summed E-state index contributed by atoms with van der Waals surface area (Å²) in [5.74, 6) is -3.35. The fraction of sp³-hybridized carbons (Fsp3) is 0.652. The van der Waals surface area contributed by atoms with Crippen molar-refractivity contribution in [2.24, 2.45) is 28.6 Å². The average Bonchev–Trinajstić information content (AvgIpc) is 3.23. The fourth-order valence-corrected chi connectivity index (χ4v) is 6.46. The molecule has 1 aromatic rings. The van der Waals surface area contributed by atoms with Gasteiger partial charge in [-0.05, 0) is 36.2 Å². The third kappa shape index (κ3) is 3.27. The smallest absolute Gasteiger partial charge is 0.310 e. The minimum atomic E-state index is -1.04. The molecule has 8 heteroatoms. The van der Waals surface area contributed by atoms with Crippen LogP contribution in [-0.2, 0) is 33.4 Å². The van der Waals surface area contributed by atoms with E-state index < -0.39 is 52.7 Å². The lowest BCUT2D eigenvalue weighted by molar-refractivity contribution is -0.210. The monoisotopic (exact) mass is 432 g/mol. The summed E-state index contributed by atoms with van der Waals surface area (Å²) in [6, 6.07) is 1.74. The Kier molecular flexibility index (Phi) is 5.22. The van der Waals surface area contributed by atoms with Crippen LogP contribution in [0, 0.1) is 28.6 Å². The van der Waals surface area contributed by atoms with Gasteiger partial charge in [-0.1, -0.05) is 13.8 Å². The molecule has 168 valence electrons. The molecule has 1 aliphatic heterocycles. The summed E-state index contributed by atoms with van der Waals surface area (Å²) >= 11 is 0. The van der Waals surface area contributed by atoms with E-state index in [4.69, 9.17) is 18.6 Å². The number of furan rings is 1. The van der Waals surface area contributed by atoms with E-state index in [9.17, 15) is 19.2 Å². The SMILES string of the molecule is COC(=O)C1CC(OC(C)=O)C(=O)C2[C@@]1(C)CCC1C(=O)OC(c3ccoc3)C[C@@]12C. The van der Waals surface area contributed by atoms with Crippen LogP contribution in [0.25, 0.3) is 0 Å². The van der Waals surface area contributed by atoms with Crippen LogP contribution in [0.1, 0.15) is 58.1 Å². The highest BCUT2D eigenvalue weighted by Gasteiger charge is 2.67. The Morgan fingerprint density at radius 3 is 2.55 bits per heavy atom. The summed E-state index contributed by atoms with van der Waals surface area (Å²) in [4.78, 5) is 51.2. The van der Waals surface area contributed by atoms with Crippen molar-refractivity contribution in [2.75, 3.05) is 7.11 Å². The second-order valence-electron chi connectivity index (χ2n) is 9.53. The Morgan fingerprint density at radius 2 is 1.94 bits per heavy atom. The van der Waals surface area contributed by atoms with Crippen molar-refractivity contribution in [3.8, 4) is 0 Å². The molecule has 1 saturated heterocycles. The summed E-state index contributed by atoms with van der Waals surface area (Å²) in [6.45, 7) is 5.09. The third-order valence-corrected chi connectivity index (χ3v) is 7.81. The first kappa shape index (κ1) is 21.6. The molecule has 0 bridgehead atoms. The Labute approximate surface area is 180 Å². The van der Waals surface area contributed by atoms with Crippen LogP contribution in [0.15, 0.2) is 23.0 Å². The first-order valence-electron chi connectivity index (χ1n) is 10.6. The second kappa shape index (κ2) is 7.50. The van der Waals surface area contributed by atoms with Gasteiger partial charge in [0.2, 0.25) is 0 Å². The number of hydrogen-bond acceptors (Lipinski definition) is 8. The first-order chi connectivity index (χ1) is 14.6. The van der Waals surface area contributed by atoms with Gasteiger partial charge in [0, 0.05) is 24.8 Å². The molecule has 2 heterocycles. The lowest BCUT2D eigenvalue weighted by atomic mass is 9.43. The number of carbonyl (C=O) groups is 4.